The molecule has 208 valence electrons. The van der Waals surface area contributed by atoms with Crippen LogP contribution < -0.4 is 10.6 Å². The van der Waals surface area contributed by atoms with Crippen LogP contribution >= 0.6 is 0 Å². The predicted molar refractivity (Wildman–Crippen MR) is 144 cm³/mol. The largest absolute Gasteiger partial charge is 0.388 e. The summed E-state index contributed by atoms with van der Waals surface area (Å²) in [6.45, 7) is 12.4. The lowest BCUT2D eigenvalue weighted by atomic mass is 9.67. The molecule has 0 unspecified atom stereocenters. The second-order valence-corrected chi connectivity index (χ2v) is 14.5. The van der Waals surface area contributed by atoms with Crippen molar-refractivity contribution < 1.29 is 19.8 Å². The molecule has 0 heterocycles. The van der Waals surface area contributed by atoms with Crippen molar-refractivity contribution in [1.29, 1.82) is 0 Å². The van der Waals surface area contributed by atoms with Gasteiger partial charge in [-0.2, -0.15) is 0 Å². The fourth-order valence-corrected chi connectivity index (χ4v) is 7.47. The molecule has 6 heteroatoms. The molecule has 0 aromatic heterocycles. The minimum atomic E-state index is -1.17. The van der Waals surface area contributed by atoms with E-state index >= 15 is 0 Å². The lowest BCUT2D eigenvalue weighted by molar-refractivity contribution is -0.153. The topological polar surface area (TPSA) is 98.7 Å². The maximum absolute atomic E-state index is 14.1. The smallest absolute Gasteiger partial charge is 0.236 e. The van der Waals surface area contributed by atoms with E-state index in [4.69, 9.17) is 0 Å². The van der Waals surface area contributed by atoms with E-state index in [0.717, 1.165) is 57.8 Å². The molecule has 3 aliphatic carbocycles. The Kier molecular flexibility index (Phi) is 8.92. The number of aliphatic hydroxyl groups is 2. The lowest BCUT2D eigenvalue weighted by Crippen LogP contribution is -2.66. The first kappa shape index (κ1) is 29.4. The van der Waals surface area contributed by atoms with Crippen molar-refractivity contribution in [2.24, 2.45) is 16.2 Å². The summed E-state index contributed by atoms with van der Waals surface area (Å²) in [7, 11) is 0. The van der Waals surface area contributed by atoms with Crippen molar-refractivity contribution in [2.45, 2.75) is 161 Å². The Morgan fingerprint density at radius 1 is 0.556 bits per heavy atom. The zero-order chi connectivity index (χ0) is 26.8. The van der Waals surface area contributed by atoms with E-state index in [0.29, 0.717) is 38.5 Å². The summed E-state index contributed by atoms with van der Waals surface area (Å²) < 4.78 is 0. The van der Waals surface area contributed by atoms with Crippen molar-refractivity contribution in [3.63, 3.8) is 0 Å². The van der Waals surface area contributed by atoms with Gasteiger partial charge in [0.15, 0.2) is 0 Å². The minimum absolute atomic E-state index is 0.248. The van der Waals surface area contributed by atoms with Crippen molar-refractivity contribution in [3.8, 4) is 0 Å². The van der Waals surface area contributed by atoms with Crippen LogP contribution in [0.5, 0.6) is 0 Å². The first-order chi connectivity index (χ1) is 16.6. The van der Waals surface area contributed by atoms with E-state index in [1.807, 2.05) is 0 Å². The summed E-state index contributed by atoms with van der Waals surface area (Å²) in [5.74, 6) is -0.496. The van der Waals surface area contributed by atoms with Gasteiger partial charge in [-0.15, -0.1) is 0 Å². The molecule has 3 fully saturated rings. The first-order valence-corrected chi connectivity index (χ1v) is 14.7. The molecule has 0 spiro atoms. The number of hydrogen-bond donors (Lipinski definition) is 4. The second-order valence-electron chi connectivity index (χ2n) is 14.5. The van der Waals surface area contributed by atoms with Crippen LogP contribution in [0.25, 0.3) is 0 Å². The van der Waals surface area contributed by atoms with Gasteiger partial charge in [-0.05, 0) is 49.4 Å². The van der Waals surface area contributed by atoms with E-state index < -0.39 is 28.7 Å². The predicted octanol–water partition coefficient (Wildman–Crippen LogP) is 5.39. The third-order valence-electron chi connectivity index (χ3n) is 9.37. The highest BCUT2D eigenvalue weighted by Crippen LogP contribution is 2.43. The molecule has 6 nitrogen and oxygen atoms in total. The molecule has 4 N–H and O–H groups in total. The number of nitrogens with one attached hydrogen (secondary N) is 2. The van der Waals surface area contributed by atoms with Gasteiger partial charge in [-0.25, -0.2) is 0 Å². The van der Waals surface area contributed by atoms with Crippen LogP contribution in [-0.2, 0) is 9.59 Å². The third-order valence-corrected chi connectivity index (χ3v) is 9.37. The van der Waals surface area contributed by atoms with Gasteiger partial charge in [0.05, 0.1) is 23.3 Å². The Hall–Kier alpha value is -1.14. The van der Waals surface area contributed by atoms with Gasteiger partial charge in [0.1, 0.15) is 5.41 Å². The van der Waals surface area contributed by atoms with E-state index in [1.165, 1.54) is 0 Å². The quantitative estimate of drug-likeness (QED) is 0.363. The van der Waals surface area contributed by atoms with Crippen LogP contribution in [-0.4, -0.2) is 45.3 Å². The Morgan fingerprint density at radius 3 is 1.11 bits per heavy atom. The molecule has 0 aromatic rings. The molecular weight excluding hydrogens is 452 g/mol. The zero-order valence-corrected chi connectivity index (χ0v) is 24.0. The van der Waals surface area contributed by atoms with Crippen molar-refractivity contribution in [1.82, 2.24) is 10.6 Å². The molecule has 0 bridgehead atoms. The summed E-state index contributed by atoms with van der Waals surface area (Å²) in [4.78, 5) is 28.3. The average molecular weight is 507 g/mol. The number of rotatable bonds is 6. The average Bonchev–Trinajstić information content (AvgIpc) is 2.80. The van der Waals surface area contributed by atoms with E-state index in [2.05, 4.69) is 52.2 Å². The highest BCUT2D eigenvalue weighted by atomic mass is 16.3. The van der Waals surface area contributed by atoms with Crippen LogP contribution in [0.3, 0.4) is 0 Å². The number of amides is 2. The molecule has 3 aliphatic rings. The number of carbonyl (C=O) groups excluding carboxylic acids is 2. The fraction of sp³-hybridized carbons (Fsp3) is 0.933. The fourth-order valence-electron chi connectivity index (χ4n) is 7.47. The SMILES string of the molecule is CC(C)(C)[C@@H](NC(=O)C1(C(=O)N[C@H](C(C)(C)C)C2(O)CCCCC2)CCCCC1)C1(O)CCCCC1. The number of hydrogen-bond acceptors (Lipinski definition) is 4. The Bertz CT molecular complexity index is 703. The molecule has 0 aromatic carbocycles. The van der Waals surface area contributed by atoms with Gasteiger partial charge in [0, 0.05) is 0 Å². The number of carbonyl (C=O) groups is 2. The zero-order valence-electron chi connectivity index (χ0n) is 24.0. The lowest BCUT2D eigenvalue weighted by Gasteiger charge is -2.49. The van der Waals surface area contributed by atoms with Crippen molar-refractivity contribution >= 4 is 11.8 Å². The monoisotopic (exact) mass is 506 g/mol. The first-order valence-electron chi connectivity index (χ1n) is 14.7. The maximum Gasteiger partial charge on any atom is 0.236 e. The highest BCUT2D eigenvalue weighted by molar-refractivity contribution is 6.05. The van der Waals surface area contributed by atoms with Gasteiger partial charge in [-0.3, -0.25) is 9.59 Å². The van der Waals surface area contributed by atoms with E-state index in [1.54, 1.807) is 0 Å². The summed E-state index contributed by atoms with van der Waals surface area (Å²) >= 11 is 0. The van der Waals surface area contributed by atoms with Crippen molar-refractivity contribution in [3.05, 3.63) is 0 Å². The maximum atomic E-state index is 14.1. The van der Waals surface area contributed by atoms with Gasteiger partial charge in [0.25, 0.3) is 0 Å². The molecule has 2 amide bonds. The van der Waals surface area contributed by atoms with Crippen molar-refractivity contribution in [2.75, 3.05) is 0 Å². The van der Waals surface area contributed by atoms with Gasteiger partial charge in [0.2, 0.25) is 11.8 Å². The van der Waals surface area contributed by atoms with Crippen LogP contribution in [0.4, 0.5) is 0 Å². The highest BCUT2D eigenvalue weighted by Gasteiger charge is 2.53. The van der Waals surface area contributed by atoms with Gasteiger partial charge < -0.3 is 20.8 Å². The molecule has 0 aliphatic heterocycles. The molecule has 3 saturated carbocycles. The summed E-state index contributed by atoms with van der Waals surface area (Å²) in [6, 6.07) is -0.851. The normalized spacial score (nSPS) is 25.9. The minimum Gasteiger partial charge on any atom is -0.388 e. The molecule has 3 rings (SSSR count). The summed E-state index contributed by atoms with van der Waals surface area (Å²) in [6.07, 6.45) is 12.4. The standard InChI is InChI=1S/C30H54N2O4/c1-26(2,3)22(29(35)18-12-8-13-19-29)31-24(33)28(16-10-7-11-17-28)25(34)32-23(27(4,5)6)30(36)20-14-9-15-21-30/h22-23,35-36H,7-21H2,1-6H3,(H,31,33)(H,32,34)/t22-,23-/m1/s1. The van der Waals surface area contributed by atoms with Crippen LogP contribution in [0, 0.1) is 16.2 Å². The van der Waals surface area contributed by atoms with Crippen LogP contribution in [0.15, 0.2) is 0 Å². The molecular formula is C30H54N2O4. The Labute approximate surface area is 219 Å². The molecule has 36 heavy (non-hydrogen) atoms. The van der Waals surface area contributed by atoms with Gasteiger partial charge >= 0.3 is 0 Å². The molecule has 0 saturated heterocycles. The summed E-state index contributed by atoms with van der Waals surface area (Å²) in [5.41, 5.74) is -3.77. The third kappa shape index (κ3) is 6.28. The molecule has 0 radical (unpaired) electrons. The van der Waals surface area contributed by atoms with E-state index in [9.17, 15) is 19.8 Å². The molecule has 2 atom stereocenters. The Balaban J connectivity index is 1.90. The van der Waals surface area contributed by atoms with Crippen LogP contribution in [0.2, 0.25) is 0 Å². The summed E-state index contributed by atoms with van der Waals surface area (Å²) in [5, 5.41) is 29.8. The van der Waals surface area contributed by atoms with E-state index in [-0.39, 0.29) is 22.6 Å². The second kappa shape index (κ2) is 10.9. The van der Waals surface area contributed by atoms with Gasteiger partial charge in [-0.1, -0.05) is 99.3 Å². The Morgan fingerprint density at radius 2 is 0.833 bits per heavy atom. The van der Waals surface area contributed by atoms with Crippen LogP contribution in [0.1, 0.15) is 138 Å².